The van der Waals surface area contributed by atoms with Crippen molar-refractivity contribution in [3.8, 4) is 0 Å². The van der Waals surface area contributed by atoms with Gasteiger partial charge in [-0.15, -0.1) is 0 Å². The summed E-state index contributed by atoms with van der Waals surface area (Å²) in [5, 5.41) is 28.4. The highest BCUT2D eigenvalue weighted by Crippen LogP contribution is 2.29. The maximum Gasteiger partial charge on any atom is 0.269 e. The van der Waals surface area contributed by atoms with E-state index in [0.717, 1.165) is 37.1 Å². The lowest BCUT2D eigenvalue weighted by Gasteiger charge is -2.36. The van der Waals surface area contributed by atoms with Crippen molar-refractivity contribution in [3.05, 3.63) is 75.8 Å². The van der Waals surface area contributed by atoms with E-state index in [1.807, 2.05) is 51.1 Å². The molecule has 0 aromatic heterocycles. The van der Waals surface area contributed by atoms with E-state index in [-0.39, 0.29) is 30.0 Å². The fraction of sp³-hybridized carbons (Fsp3) is 0.517. The van der Waals surface area contributed by atoms with Crippen LogP contribution in [0.2, 0.25) is 0 Å². The highest BCUT2D eigenvalue weighted by atomic mass is 16.6. The Morgan fingerprint density at radius 3 is 2.24 bits per heavy atom. The molecule has 1 aliphatic heterocycles. The summed E-state index contributed by atoms with van der Waals surface area (Å²) >= 11 is 0. The zero-order valence-electron chi connectivity index (χ0n) is 22.6. The van der Waals surface area contributed by atoms with Crippen molar-refractivity contribution in [1.82, 2.24) is 15.5 Å². The third-order valence-corrected chi connectivity index (χ3v) is 7.12. The van der Waals surface area contributed by atoms with Crippen molar-refractivity contribution in [2.75, 3.05) is 26.2 Å². The molecule has 1 saturated heterocycles. The van der Waals surface area contributed by atoms with Crippen LogP contribution in [0.15, 0.2) is 54.6 Å². The Balaban J connectivity index is 1.47. The first-order valence-corrected chi connectivity index (χ1v) is 13.3. The van der Waals surface area contributed by atoms with Gasteiger partial charge in [0, 0.05) is 49.8 Å². The molecule has 1 unspecified atom stereocenters. The number of nitrogens with one attached hydrogen (secondary N) is 2. The van der Waals surface area contributed by atoms with Crippen LogP contribution in [0.4, 0.5) is 5.69 Å². The monoisotopic (exact) mass is 524 g/mol. The summed E-state index contributed by atoms with van der Waals surface area (Å²) in [6, 6.07) is 15.7. The van der Waals surface area contributed by atoms with Gasteiger partial charge in [-0.1, -0.05) is 63.2 Å². The summed E-state index contributed by atoms with van der Waals surface area (Å²) in [6.07, 6.45) is 2.79. The maximum atomic E-state index is 12.5. The number of carbonyl (C=O) groups excluding carboxylic acids is 2. The lowest BCUT2D eigenvalue weighted by atomic mass is 9.86. The number of amides is 2. The molecule has 0 aliphatic carbocycles. The first-order chi connectivity index (χ1) is 18.0. The average molecular weight is 525 g/mol. The lowest BCUT2D eigenvalue weighted by Crippen LogP contribution is -2.46. The maximum absolute atomic E-state index is 12.5. The van der Waals surface area contributed by atoms with Crippen LogP contribution in [-0.4, -0.2) is 59.0 Å². The summed E-state index contributed by atoms with van der Waals surface area (Å²) in [5.41, 5.74) is 0.0625. The molecule has 0 saturated carbocycles. The predicted molar refractivity (Wildman–Crippen MR) is 146 cm³/mol. The third kappa shape index (κ3) is 8.63. The van der Waals surface area contributed by atoms with Crippen LogP contribution in [0.3, 0.4) is 0 Å². The molecule has 0 radical (unpaired) electrons. The van der Waals surface area contributed by atoms with E-state index >= 15 is 0 Å². The Hall–Kier alpha value is -3.30. The number of hydrogen-bond acceptors (Lipinski definition) is 6. The molecule has 1 atom stereocenters. The summed E-state index contributed by atoms with van der Waals surface area (Å²) in [6.45, 7) is 8.34. The number of likely N-dealkylation sites (tertiary alicyclic amines) is 1. The van der Waals surface area contributed by atoms with Gasteiger partial charge in [-0.05, 0) is 36.8 Å². The summed E-state index contributed by atoms with van der Waals surface area (Å²) in [5.74, 6) is -0.126. The number of nitro benzene ring substituents is 1. The Morgan fingerprint density at radius 2 is 1.66 bits per heavy atom. The molecule has 9 nitrogen and oxygen atoms in total. The van der Waals surface area contributed by atoms with Gasteiger partial charge in [0.1, 0.15) is 0 Å². The summed E-state index contributed by atoms with van der Waals surface area (Å²) < 4.78 is 0. The number of piperidine rings is 1. The smallest absolute Gasteiger partial charge is 0.269 e. The van der Waals surface area contributed by atoms with Gasteiger partial charge in [0.05, 0.1) is 16.9 Å². The molecule has 2 aromatic rings. The second-order valence-electron chi connectivity index (χ2n) is 11.2. The predicted octanol–water partition coefficient (Wildman–Crippen LogP) is 3.55. The molecule has 0 spiro atoms. The second-order valence-corrected chi connectivity index (χ2v) is 11.2. The Kier molecular flexibility index (Phi) is 9.99. The SMILES string of the molecule is CC(C)(C)C(=O)NCCC(O)(CCN1CCC(NC(=O)Cc2ccc([N+](=O)[O-])cc2)CC1)c1ccccc1. The van der Waals surface area contributed by atoms with Crippen molar-refractivity contribution in [2.45, 2.75) is 64.5 Å². The molecular weight excluding hydrogens is 484 g/mol. The van der Waals surface area contributed by atoms with Crippen molar-refractivity contribution in [1.29, 1.82) is 0 Å². The molecule has 2 amide bonds. The molecular formula is C29H40N4O5. The number of nitrogens with zero attached hydrogens (tertiary/aromatic N) is 2. The highest BCUT2D eigenvalue weighted by Gasteiger charge is 2.31. The molecule has 38 heavy (non-hydrogen) atoms. The van der Waals surface area contributed by atoms with E-state index in [1.54, 1.807) is 12.1 Å². The topological polar surface area (TPSA) is 125 Å². The van der Waals surface area contributed by atoms with Gasteiger partial charge in [-0.2, -0.15) is 0 Å². The van der Waals surface area contributed by atoms with Crippen LogP contribution >= 0.6 is 0 Å². The zero-order valence-corrected chi connectivity index (χ0v) is 22.6. The Labute approximate surface area is 224 Å². The highest BCUT2D eigenvalue weighted by molar-refractivity contribution is 5.81. The van der Waals surface area contributed by atoms with Gasteiger partial charge in [-0.25, -0.2) is 0 Å². The van der Waals surface area contributed by atoms with Crippen LogP contribution < -0.4 is 10.6 Å². The zero-order chi connectivity index (χ0) is 27.8. The van der Waals surface area contributed by atoms with E-state index in [0.29, 0.717) is 25.9 Å². The normalized spacial score (nSPS) is 16.4. The summed E-state index contributed by atoms with van der Waals surface area (Å²) in [7, 11) is 0. The minimum atomic E-state index is -1.05. The number of carbonyl (C=O) groups is 2. The van der Waals surface area contributed by atoms with Crippen LogP contribution in [0, 0.1) is 15.5 Å². The Bertz CT molecular complexity index is 1080. The Morgan fingerprint density at radius 1 is 1.03 bits per heavy atom. The number of non-ortho nitro benzene ring substituents is 1. The molecule has 2 aromatic carbocycles. The van der Waals surface area contributed by atoms with E-state index in [4.69, 9.17) is 0 Å². The van der Waals surface area contributed by atoms with E-state index < -0.39 is 15.9 Å². The second kappa shape index (κ2) is 13.0. The first-order valence-electron chi connectivity index (χ1n) is 13.3. The fourth-order valence-corrected chi connectivity index (χ4v) is 4.65. The quantitative estimate of drug-likeness (QED) is 0.305. The third-order valence-electron chi connectivity index (χ3n) is 7.12. The van der Waals surface area contributed by atoms with Gasteiger partial charge in [-0.3, -0.25) is 19.7 Å². The minimum Gasteiger partial charge on any atom is -0.385 e. The van der Waals surface area contributed by atoms with Gasteiger partial charge >= 0.3 is 0 Å². The number of nitro groups is 1. The van der Waals surface area contributed by atoms with Crippen molar-refractivity contribution < 1.29 is 19.6 Å². The molecule has 1 fully saturated rings. The standard InChI is InChI=1S/C29H40N4O5/c1-28(2,3)27(35)30-17-15-29(36,23-7-5-4-6-8-23)16-20-32-18-13-24(14-19-32)31-26(34)21-22-9-11-25(12-10-22)33(37)38/h4-12,24,36H,13-21H2,1-3H3,(H,30,35)(H,31,34). The molecule has 9 heteroatoms. The van der Waals surface area contributed by atoms with Gasteiger partial charge in [0.15, 0.2) is 0 Å². The van der Waals surface area contributed by atoms with Gasteiger partial charge < -0.3 is 20.6 Å². The number of benzene rings is 2. The number of aliphatic hydroxyl groups is 1. The molecule has 206 valence electrons. The van der Waals surface area contributed by atoms with Crippen LogP contribution in [-0.2, 0) is 21.6 Å². The van der Waals surface area contributed by atoms with Gasteiger partial charge in [0.25, 0.3) is 5.69 Å². The van der Waals surface area contributed by atoms with E-state index in [2.05, 4.69) is 15.5 Å². The first kappa shape index (κ1) is 29.3. The molecule has 3 rings (SSSR count). The average Bonchev–Trinajstić information content (AvgIpc) is 2.88. The minimum absolute atomic E-state index is 0.00958. The van der Waals surface area contributed by atoms with Crippen LogP contribution in [0.5, 0.6) is 0 Å². The van der Waals surface area contributed by atoms with Crippen molar-refractivity contribution in [2.24, 2.45) is 5.41 Å². The number of rotatable bonds is 11. The van der Waals surface area contributed by atoms with E-state index in [1.165, 1.54) is 12.1 Å². The molecule has 1 heterocycles. The van der Waals surface area contributed by atoms with E-state index in [9.17, 15) is 24.8 Å². The van der Waals surface area contributed by atoms with Gasteiger partial charge in [0.2, 0.25) is 11.8 Å². The fourth-order valence-electron chi connectivity index (χ4n) is 4.65. The molecule has 0 bridgehead atoms. The van der Waals surface area contributed by atoms with Crippen molar-refractivity contribution in [3.63, 3.8) is 0 Å². The summed E-state index contributed by atoms with van der Waals surface area (Å²) in [4.78, 5) is 37.4. The van der Waals surface area contributed by atoms with Crippen molar-refractivity contribution >= 4 is 17.5 Å². The lowest BCUT2D eigenvalue weighted by molar-refractivity contribution is -0.384. The number of hydrogen-bond donors (Lipinski definition) is 3. The largest absolute Gasteiger partial charge is 0.385 e. The molecule has 1 aliphatic rings. The van der Waals surface area contributed by atoms with Crippen LogP contribution in [0.25, 0.3) is 0 Å². The molecule has 3 N–H and O–H groups in total. The van der Waals surface area contributed by atoms with Crippen LogP contribution in [0.1, 0.15) is 57.6 Å².